The quantitative estimate of drug-likeness (QED) is 0.896. The van der Waals surface area contributed by atoms with Gasteiger partial charge in [0.2, 0.25) is 0 Å². The summed E-state index contributed by atoms with van der Waals surface area (Å²) in [7, 11) is 1.57. The molecule has 114 valence electrons. The number of carboxylic acid groups (broad SMARTS) is 1. The van der Waals surface area contributed by atoms with E-state index in [9.17, 15) is 14.7 Å². The van der Waals surface area contributed by atoms with Crippen LogP contribution < -0.4 is 10.1 Å². The Hall–Kier alpha value is -2.24. The predicted molar refractivity (Wildman–Crippen MR) is 78.5 cm³/mol. The number of likely N-dealkylation sites (tertiary alicyclic amines) is 1. The Morgan fingerprint density at radius 3 is 2.57 bits per heavy atom. The lowest BCUT2D eigenvalue weighted by Gasteiger charge is -2.35. The van der Waals surface area contributed by atoms with E-state index in [0.717, 1.165) is 6.42 Å². The maximum absolute atomic E-state index is 12.3. The summed E-state index contributed by atoms with van der Waals surface area (Å²) in [6.45, 7) is 2.47. The van der Waals surface area contributed by atoms with Crippen LogP contribution in [0.4, 0.5) is 10.5 Å². The zero-order valence-corrected chi connectivity index (χ0v) is 12.2. The SMILES string of the molecule is COc1ccc(NC(=O)N2CCC(C)CC2C(=O)O)cc1. The van der Waals surface area contributed by atoms with Crippen molar-refractivity contribution in [3.63, 3.8) is 0 Å². The number of amides is 2. The number of nitrogens with one attached hydrogen (secondary N) is 1. The van der Waals surface area contributed by atoms with E-state index < -0.39 is 12.0 Å². The molecule has 0 aliphatic carbocycles. The zero-order valence-electron chi connectivity index (χ0n) is 12.2. The Morgan fingerprint density at radius 2 is 2.00 bits per heavy atom. The van der Waals surface area contributed by atoms with Crippen molar-refractivity contribution in [3.8, 4) is 5.75 Å². The number of methoxy groups -OCH3 is 1. The highest BCUT2D eigenvalue weighted by molar-refractivity contribution is 5.92. The van der Waals surface area contributed by atoms with Crippen LogP contribution in [0.15, 0.2) is 24.3 Å². The number of benzene rings is 1. The first kappa shape index (κ1) is 15.2. The van der Waals surface area contributed by atoms with Crippen LogP contribution in [0.1, 0.15) is 19.8 Å². The van der Waals surface area contributed by atoms with Gasteiger partial charge in [-0.25, -0.2) is 9.59 Å². The molecule has 0 aromatic heterocycles. The Bertz CT molecular complexity index is 515. The molecule has 1 saturated heterocycles. The summed E-state index contributed by atoms with van der Waals surface area (Å²) in [5.41, 5.74) is 0.614. The van der Waals surface area contributed by atoms with Crippen molar-refractivity contribution in [2.45, 2.75) is 25.8 Å². The second-order valence-corrected chi connectivity index (χ2v) is 5.34. The largest absolute Gasteiger partial charge is 0.497 e. The van der Waals surface area contributed by atoms with E-state index >= 15 is 0 Å². The minimum Gasteiger partial charge on any atom is -0.497 e. The number of carbonyl (C=O) groups excluding carboxylic acids is 1. The van der Waals surface area contributed by atoms with Gasteiger partial charge in [-0.15, -0.1) is 0 Å². The van der Waals surface area contributed by atoms with Crippen molar-refractivity contribution in [1.29, 1.82) is 0 Å². The Morgan fingerprint density at radius 1 is 1.33 bits per heavy atom. The molecule has 1 aromatic rings. The molecule has 0 bridgehead atoms. The summed E-state index contributed by atoms with van der Waals surface area (Å²) in [4.78, 5) is 25.0. The topological polar surface area (TPSA) is 78.9 Å². The number of carboxylic acids is 1. The molecule has 6 nitrogen and oxygen atoms in total. The highest BCUT2D eigenvalue weighted by atomic mass is 16.5. The van der Waals surface area contributed by atoms with Crippen LogP contribution >= 0.6 is 0 Å². The van der Waals surface area contributed by atoms with Gasteiger partial charge >= 0.3 is 12.0 Å². The van der Waals surface area contributed by atoms with E-state index in [-0.39, 0.29) is 6.03 Å². The van der Waals surface area contributed by atoms with Gasteiger partial charge in [-0.05, 0) is 43.0 Å². The first-order chi connectivity index (χ1) is 10.0. The molecule has 2 amide bonds. The van der Waals surface area contributed by atoms with Gasteiger partial charge in [-0.1, -0.05) is 6.92 Å². The molecule has 1 aliphatic rings. The lowest BCUT2D eigenvalue weighted by atomic mass is 9.93. The summed E-state index contributed by atoms with van der Waals surface area (Å²) < 4.78 is 5.05. The van der Waals surface area contributed by atoms with Crippen LogP contribution in [0.2, 0.25) is 0 Å². The molecule has 2 N–H and O–H groups in total. The van der Waals surface area contributed by atoms with Crippen LogP contribution in [0.5, 0.6) is 5.75 Å². The van der Waals surface area contributed by atoms with E-state index in [1.54, 1.807) is 31.4 Å². The van der Waals surface area contributed by atoms with Crippen LogP contribution in [0, 0.1) is 5.92 Å². The molecule has 2 unspecified atom stereocenters. The van der Waals surface area contributed by atoms with E-state index in [1.807, 2.05) is 6.92 Å². The number of piperidine rings is 1. The summed E-state index contributed by atoms with van der Waals surface area (Å²) >= 11 is 0. The van der Waals surface area contributed by atoms with Crippen LogP contribution in [0.25, 0.3) is 0 Å². The fourth-order valence-corrected chi connectivity index (χ4v) is 2.49. The van der Waals surface area contributed by atoms with Crippen molar-refractivity contribution in [1.82, 2.24) is 4.90 Å². The monoisotopic (exact) mass is 292 g/mol. The number of anilines is 1. The van der Waals surface area contributed by atoms with Crippen molar-refractivity contribution in [2.75, 3.05) is 19.0 Å². The Balaban J connectivity index is 2.05. The van der Waals surface area contributed by atoms with Gasteiger partial charge in [0, 0.05) is 12.2 Å². The van der Waals surface area contributed by atoms with E-state index in [1.165, 1.54) is 4.90 Å². The van der Waals surface area contributed by atoms with Gasteiger partial charge in [0.25, 0.3) is 0 Å². The Labute approximate surface area is 123 Å². The van der Waals surface area contributed by atoms with E-state index in [0.29, 0.717) is 30.3 Å². The molecule has 1 aromatic carbocycles. The molecule has 0 saturated carbocycles. The number of urea groups is 1. The molecule has 21 heavy (non-hydrogen) atoms. The highest BCUT2D eigenvalue weighted by Gasteiger charge is 2.34. The number of hydrogen-bond acceptors (Lipinski definition) is 3. The lowest BCUT2D eigenvalue weighted by Crippen LogP contribution is -2.51. The minimum atomic E-state index is -0.952. The molecule has 6 heteroatoms. The molecule has 2 rings (SSSR count). The average Bonchev–Trinajstić information content (AvgIpc) is 2.47. The van der Waals surface area contributed by atoms with Crippen molar-refractivity contribution < 1.29 is 19.4 Å². The third-order valence-corrected chi connectivity index (χ3v) is 3.75. The number of aliphatic carboxylic acids is 1. The fraction of sp³-hybridized carbons (Fsp3) is 0.467. The molecular weight excluding hydrogens is 272 g/mol. The van der Waals surface area contributed by atoms with Gasteiger partial charge in [0.15, 0.2) is 0 Å². The van der Waals surface area contributed by atoms with Crippen LogP contribution in [0.3, 0.4) is 0 Å². The maximum Gasteiger partial charge on any atom is 0.326 e. The number of rotatable bonds is 3. The summed E-state index contributed by atoms with van der Waals surface area (Å²) in [5.74, 6) is 0.0609. The smallest absolute Gasteiger partial charge is 0.326 e. The number of ether oxygens (including phenoxy) is 1. The molecule has 1 fully saturated rings. The zero-order chi connectivity index (χ0) is 15.4. The molecule has 0 spiro atoms. The van der Waals surface area contributed by atoms with Crippen molar-refractivity contribution in [3.05, 3.63) is 24.3 Å². The van der Waals surface area contributed by atoms with Crippen molar-refractivity contribution in [2.24, 2.45) is 5.92 Å². The van der Waals surface area contributed by atoms with Gasteiger partial charge in [0.1, 0.15) is 11.8 Å². The summed E-state index contributed by atoms with van der Waals surface area (Å²) in [6.07, 6.45) is 1.31. The van der Waals surface area contributed by atoms with E-state index in [2.05, 4.69) is 5.32 Å². The van der Waals surface area contributed by atoms with E-state index in [4.69, 9.17) is 4.74 Å². The summed E-state index contributed by atoms with van der Waals surface area (Å²) in [5, 5.41) is 12.0. The van der Waals surface area contributed by atoms with Crippen molar-refractivity contribution >= 4 is 17.7 Å². The lowest BCUT2D eigenvalue weighted by molar-refractivity contribution is -0.143. The first-order valence-corrected chi connectivity index (χ1v) is 6.95. The second-order valence-electron chi connectivity index (χ2n) is 5.34. The predicted octanol–water partition coefficient (Wildman–Crippen LogP) is 2.41. The third-order valence-electron chi connectivity index (χ3n) is 3.75. The molecule has 2 atom stereocenters. The maximum atomic E-state index is 12.3. The van der Waals surface area contributed by atoms with Gasteiger partial charge in [0.05, 0.1) is 7.11 Å². The Kier molecular flexibility index (Phi) is 4.67. The minimum absolute atomic E-state index is 0.316. The van der Waals surface area contributed by atoms with Gasteiger partial charge < -0.3 is 20.1 Å². The van der Waals surface area contributed by atoms with Crippen LogP contribution in [-0.4, -0.2) is 41.7 Å². The molecular formula is C15H20N2O4. The van der Waals surface area contributed by atoms with Gasteiger partial charge in [-0.3, -0.25) is 0 Å². The number of hydrogen-bond donors (Lipinski definition) is 2. The second kappa shape index (κ2) is 6.47. The summed E-state index contributed by atoms with van der Waals surface area (Å²) in [6, 6.07) is 5.79. The standard InChI is InChI=1S/C15H20N2O4/c1-10-7-8-17(13(9-10)14(18)19)15(20)16-11-3-5-12(21-2)6-4-11/h3-6,10,13H,7-9H2,1-2H3,(H,16,20)(H,18,19). The highest BCUT2D eigenvalue weighted by Crippen LogP contribution is 2.24. The molecule has 1 aliphatic heterocycles. The van der Waals surface area contributed by atoms with Crippen LogP contribution in [-0.2, 0) is 4.79 Å². The first-order valence-electron chi connectivity index (χ1n) is 6.95. The third kappa shape index (κ3) is 3.65. The van der Waals surface area contributed by atoms with Gasteiger partial charge in [-0.2, -0.15) is 0 Å². The molecule has 1 heterocycles. The number of nitrogens with zero attached hydrogens (tertiary/aromatic N) is 1. The normalized spacial score (nSPS) is 21.7. The number of carbonyl (C=O) groups is 2. The average molecular weight is 292 g/mol. The fourth-order valence-electron chi connectivity index (χ4n) is 2.49. The molecule has 0 radical (unpaired) electrons.